The summed E-state index contributed by atoms with van der Waals surface area (Å²) in [6.07, 6.45) is 1.10. The zero-order chi connectivity index (χ0) is 9.42. The zero-order valence-corrected chi connectivity index (χ0v) is 10.5. The van der Waals surface area contributed by atoms with Crippen LogP contribution in [0.25, 0.3) is 10.1 Å². The Hall–Kier alpha value is 0.01000. The predicted molar refractivity (Wildman–Crippen MR) is 66.2 cm³/mol. The van der Waals surface area contributed by atoms with Gasteiger partial charge in [-0.05, 0) is 39.9 Å². The van der Waals surface area contributed by atoms with Gasteiger partial charge in [-0.25, -0.2) is 0 Å². The highest BCUT2D eigenvalue weighted by molar-refractivity contribution is 9.10. The van der Waals surface area contributed by atoms with Crippen molar-refractivity contribution in [1.29, 1.82) is 0 Å². The number of hydrogen-bond donors (Lipinski definition) is 1. The third-order valence-electron chi connectivity index (χ3n) is 2.01. The maximum Gasteiger partial charge on any atom is 0.0490 e. The van der Waals surface area contributed by atoms with Crippen LogP contribution in [0.3, 0.4) is 0 Å². The Morgan fingerprint density at radius 3 is 2.92 bits per heavy atom. The molecule has 0 amide bonds. The molecule has 1 aromatic heterocycles. The summed E-state index contributed by atoms with van der Waals surface area (Å²) in [6, 6.07) is 6.43. The lowest BCUT2D eigenvalue weighted by atomic mass is 10.2. The first-order chi connectivity index (χ1) is 6.22. The van der Waals surface area contributed by atoms with Crippen molar-refractivity contribution >= 4 is 50.0 Å². The normalized spacial score (nSPS) is 11.0. The molecule has 0 unspecified atom stereocenters. The second-order valence-electron chi connectivity index (χ2n) is 2.88. The summed E-state index contributed by atoms with van der Waals surface area (Å²) in [5.74, 6) is 0. The summed E-state index contributed by atoms with van der Waals surface area (Å²) >= 11 is 9.79. The van der Waals surface area contributed by atoms with Crippen molar-refractivity contribution in [2.24, 2.45) is 0 Å². The van der Waals surface area contributed by atoms with Gasteiger partial charge in [0, 0.05) is 18.9 Å². The van der Waals surface area contributed by atoms with Gasteiger partial charge in [-0.1, -0.05) is 13.0 Å². The molecule has 2 aromatic rings. The van der Waals surface area contributed by atoms with E-state index in [1.54, 1.807) is 0 Å². The van der Waals surface area contributed by atoms with E-state index in [9.17, 15) is 0 Å². The molecule has 0 fully saturated rings. The second kappa shape index (κ2) is 3.64. The van der Waals surface area contributed by atoms with Gasteiger partial charge in [0.1, 0.15) is 0 Å². The Bertz CT molecular complexity index is 445. The van der Waals surface area contributed by atoms with E-state index in [2.05, 4.69) is 53.7 Å². The molecule has 1 heterocycles. The van der Waals surface area contributed by atoms with E-state index < -0.39 is 0 Å². The Labute approximate surface area is 95.5 Å². The van der Waals surface area contributed by atoms with Crippen LogP contribution >= 0.6 is 39.9 Å². The molecule has 1 aromatic carbocycles. The van der Waals surface area contributed by atoms with Gasteiger partial charge in [-0.15, -0.1) is 24.0 Å². The molecule has 0 saturated carbocycles. The third-order valence-corrected chi connectivity index (χ3v) is 4.91. The highest BCUT2D eigenvalue weighted by Gasteiger charge is 2.05. The van der Waals surface area contributed by atoms with Gasteiger partial charge in [-0.3, -0.25) is 0 Å². The Kier molecular flexibility index (Phi) is 2.67. The molecule has 0 aliphatic rings. The van der Waals surface area contributed by atoms with E-state index in [-0.39, 0.29) is 0 Å². The summed E-state index contributed by atoms with van der Waals surface area (Å²) < 4.78 is 2.36. The topological polar surface area (TPSA) is 0 Å². The Morgan fingerprint density at radius 1 is 1.46 bits per heavy atom. The van der Waals surface area contributed by atoms with E-state index in [0.29, 0.717) is 0 Å². The van der Waals surface area contributed by atoms with Crippen molar-refractivity contribution in [3.8, 4) is 0 Å². The molecule has 68 valence electrons. The van der Waals surface area contributed by atoms with Crippen molar-refractivity contribution < 1.29 is 0 Å². The predicted octanol–water partition coefficient (Wildman–Crippen LogP) is 4.51. The minimum Gasteiger partial charge on any atom is -0.141 e. The van der Waals surface area contributed by atoms with E-state index in [0.717, 1.165) is 15.8 Å². The lowest BCUT2D eigenvalue weighted by molar-refractivity contribution is 1.19. The molecule has 0 bridgehead atoms. The number of halogens is 1. The van der Waals surface area contributed by atoms with E-state index in [4.69, 9.17) is 0 Å². The first kappa shape index (κ1) is 9.56. The molecule has 0 radical (unpaired) electrons. The summed E-state index contributed by atoms with van der Waals surface area (Å²) in [7, 11) is 0. The van der Waals surface area contributed by atoms with Crippen LogP contribution in [-0.2, 0) is 6.42 Å². The molecule has 0 N–H and O–H groups in total. The van der Waals surface area contributed by atoms with E-state index in [1.807, 2.05) is 11.3 Å². The molecule has 0 nitrogen and oxygen atoms in total. The molecular formula is C10H9BrS2. The highest BCUT2D eigenvalue weighted by atomic mass is 79.9. The molecule has 0 atom stereocenters. The van der Waals surface area contributed by atoms with Gasteiger partial charge >= 0.3 is 0 Å². The fourth-order valence-corrected chi connectivity index (χ4v) is 3.14. The monoisotopic (exact) mass is 272 g/mol. The van der Waals surface area contributed by atoms with Crippen molar-refractivity contribution in [3.63, 3.8) is 0 Å². The minimum absolute atomic E-state index is 1.06. The Balaban J connectivity index is 2.76. The van der Waals surface area contributed by atoms with Crippen molar-refractivity contribution in [1.82, 2.24) is 0 Å². The third kappa shape index (κ3) is 1.65. The van der Waals surface area contributed by atoms with Crippen molar-refractivity contribution in [2.45, 2.75) is 18.2 Å². The number of fused-ring (bicyclic) bond motifs is 1. The summed E-state index contributed by atoms with van der Waals surface area (Å²) in [5, 5.41) is 1.30. The molecule has 0 aliphatic heterocycles. The summed E-state index contributed by atoms with van der Waals surface area (Å²) in [4.78, 5) is 2.48. The maximum absolute atomic E-state index is 4.48. The summed E-state index contributed by atoms with van der Waals surface area (Å²) in [6.45, 7) is 2.18. The first-order valence-corrected chi connectivity index (χ1v) is 6.18. The smallest absolute Gasteiger partial charge is 0.0490 e. The van der Waals surface area contributed by atoms with Crippen LogP contribution in [0.15, 0.2) is 27.6 Å². The second-order valence-corrected chi connectivity index (χ2v) is 5.32. The number of rotatable bonds is 1. The lowest BCUT2D eigenvalue weighted by Crippen LogP contribution is -1.69. The van der Waals surface area contributed by atoms with Crippen LogP contribution in [0.2, 0.25) is 0 Å². The van der Waals surface area contributed by atoms with Gasteiger partial charge in [0.05, 0.1) is 0 Å². The standard InChI is InChI=1S/C10H9BrS2/c1-2-7-5-6-3-4-8(11)9(12)10(6)13-7/h3-5,12H,2H2,1H3. The summed E-state index contributed by atoms with van der Waals surface area (Å²) in [5.41, 5.74) is 0. The van der Waals surface area contributed by atoms with Crippen LogP contribution in [0.5, 0.6) is 0 Å². The molecule has 2 rings (SSSR count). The van der Waals surface area contributed by atoms with Gasteiger partial charge in [0.25, 0.3) is 0 Å². The number of hydrogen-bond acceptors (Lipinski definition) is 2. The van der Waals surface area contributed by atoms with Gasteiger partial charge in [0.2, 0.25) is 0 Å². The minimum atomic E-state index is 1.06. The molecule has 13 heavy (non-hydrogen) atoms. The maximum atomic E-state index is 4.48. The van der Waals surface area contributed by atoms with Crippen LogP contribution in [0.4, 0.5) is 0 Å². The van der Waals surface area contributed by atoms with Crippen LogP contribution < -0.4 is 0 Å². The largest absolute Gasteiger partial charge is 0.141 e. The van der Waals surface area contributed by atoms with Crippen LogP contribution in [-0.4, -0.2) is 0 Å². The van der Waals surface area contributed by atoms with Gasteiger partial charge in [0.15, 0.2) is 0 Å². The SMILES string of the molecule is CCc1cc2ccc(Br)c(S)c2s1. The fourth-order valence-electron chi connectivity index (χ4n) is 1.29. The van der Waals surface area contributed by atoms with Crippen molar-refractivity contribution in [2.75, 3.05) is 0 Å². The van der Waals surface area contributed by atoms with E-state index in [1.165, 1.54) is 15.0 Å². The van der Waals surface area contributed by atoms with Crippen LogP contribution in [0.1, 0.15) is 11.8 Å². The number of thiol groups is 1. The fraction of sp³-hybridized carbons (Fsp3) is 0.200. The molecule has 0 saturated heterocycles. The number of aryl methyl sites for hydroxylation is 1. The molecular weight excluding hydrogens is 264 g/mol. The van der Waals surface area contributed by atoms with Crippen LogP contribution in [0, 0.1) is 0 Å². The highest BCUT2D eigenvalue weighted by Crippen LogP contribution is 2.35. The average Bonchev–Trinajstić information content (AvgIpc) is 2.55. The average molecular weight is 273 g/mol. The van der Waals surface area contributed by atoms with Crippen molar-refractivity contribution in [3.05, 3.63) is 27.5 Å². The molecule has 3 heteroatoms. The molecule has 0 spiro atoms. The van der Waals surface area contributed by atoms with Gasteiger partial charge in [-0.2, -0.15) is 0 Å². The quantitative estimate of drug-likeness (QED) is 0.726. The van der Waals surface area contributed by atoms with E-state index >= 15 is 0 Å². The van der Waals surface area contributed by atoms with Gasteiger partial charge < -0.3 is 0 Å². The number of thiophene rings is 1. The number of benzene rings is 1. The Morgan fingerprint density at radius 2 is 2.23 bits per heavy atom. The molecule has 0 aliphatic carbocycles. The first-order valence-electron chi connectivity index (χ1n) is 4.12. The zero-order valence-electron chi connectivity index (χ0n) is 7.17. The lowest BCUT2D eigenvalue weighted by Gasteiger charge is -1.96.